The number of carbonyl (C=O) groups is 4. The number of aliphatic hydroxyl groups is 1. The summed E-state index contributed by atoms with van der Waals surface area (Å²) >= 11 is 0. The number of rotatable bonds is 15. The van der Waals surface area contributed by atoms with Gasteiger partial charge in [0.05, 0.1) is 5.92 Å². The molecule has 1 aliphatic heterocycles. The van der Waals surface area contributed by atoms with Crippen LogP contribution in [0.4, 0.5) is 0 Å². The summed E-state index contributed by atoms with van der Waals surface area (Å²) in [5.41, 5.74) is 2.47. The molecule has 3 atom stereocenters. The maximum Gasteiger partial charge on any atom is 0.329 e. The normalized spacial score (nSPS) is 15.7. The van der Waals surface area contributed by atoms with E-state index in [2.05, 4.69) is 0 Å². The lowest BCUT2D eigenvalue weighted by molar-refractivity contribution is -0.164. The van der Waals surface area contributed by atoms with Crippen molar-refractivity contribution in [3.63, 3.8) is 0 Å². The molecule has 0 spiro atoms. The summed E-state index contributed by atoms with van der Waals surface area (Å²) in [6.07, 6.45) is 0.269. The monoisotopic (exact) mass is 601 g/mol. The van der Waals surface area contributed by atoms with Crippen LogP contribution in [0.5, 0.6) is 0 Å². The van der Waals surface area contributed by atoms with Gasteiger partial charge < -0.3 is 24.2 Å². The largest absolute Gasteiger partial charge is 0.461 e. The zero-order valence-corrected chi connectivity index (χ0v) is 24.7. The van der Waals surface area contributed by atoms with Crippen LogP contribution in [-0.2, 0) is 53.2 Å². The number of nitrogens with zero attached hydrogens (tertiary/aromatic N) is 1. The predicted octanol–water partition coefficient (Wildman–Crippen LogP) is 4.75. The zero-order chi connectivity index (χ0) is 31.1. The van der Waals surface area contributed by atoms with E-state index >= 15 is 0 Å². The van der Waals surface area contributed by atoms with Gasteiger partial charge in [-0.05, 0) is 42.4 Å². The highest BCUT2D eigenvalue weighted by Crippen LogP contribution is 2.25. The van der Waals surface area contributed by atoms with Crippen molar-refractivity contribution in [2.75, 3.05) is 6.54 Å². The van der Waals surface area contributed by atoms with Gasteiger partial charge in [-0.1, -0.05) is 97.4 Å². The molecule has 0 aliphatic carbocycles. The Morgan fingerprint density at radius 3 is 1.82 bits per heavy atom. The number of unbranched alkanes of at least 4 members (excludes halogenated alkanes) is 1. The summed E-state index contributed by atoms with van der Waals surface area (Å²) in [6.45, 7) is 0.496. The molecule has 4 rings (SSSR count). The van der Waals surface area contributed by atoms with Crippen LogP contribution in [0.15, 0.2) is 91.0 Å². The standard InChI is InChI=1S/C35H39NO8/c37-31(42-23-26-13-4-1-5-14-26)21-11-10-19-29(34(40)43-24-27-15-6-2-7-16-27)32(38)33(39)36-22-12-20-30(36)35(41)44-25-28-17-8-3-9-18-28/h1-9,13-18,29-30,32,38H,10-12,19-25H2/t29-,30+,32+/m1/s1. The Morgan fingerprint density at radius 2 is 1.25 bits per heavy atom. The van der Waals surface area contributed by atoms with Crippen molar-refractivity contribution < 1.29 is 38.5 Å². The van der Waals surface area contributed by atoms with Crippen molar-refractivity contribution in [1.29, 1.82) is 0 Å². The first-order valence-corrected chi connectivity index (χ1v) is 15.0. The van der Waals surface area contributed by atoms with E-state index in [0.717, 1.165) is 16.7 Å². The number of hydrogen-bond acceptors (Lipinski definition) is 8. The average molecular weight is 602 g/mol. The average Bonchev–Trinajstić information content (AvgIpc) is 3.56. The van der Waals surface area contributed by atoms with Gasteiger partial charge in [-0.15, -0.1) is 0 Å². The van der Waals surface area contributed by atoms with Gasteiger partial charge in [0.25, 0.3) is 5.91 Å². The van der Waals surface area contributed by atoms with Crippen LogP contribution in [-0.4, -0.2) is 52.5 Å². The van der Waals surface area contributed by atoms with E-state index in [9.17, 15) is 24.3 Å². The van der Waals surface area contributed by atoms with Gasteiger partial charge in [0.1, 0.15) is 32.0 Å². The molecular formula is C35H39NO8. The Kier molecular flexibility index (Phi) is 12.5. The van der Waals surface area contributed by atoms with Crippen LogP contribution >= 0.6 is 0 Å². The molecule has 0 saturated carbocycles. The Balaban J connectivity index is 1.34. The fraction of sp³-hybridized carbons (Fsp3) is 0.371. The SMILES string of the molecule is O=C(CCCC[C@@H](C(=O)OCc1ccccc1)[C@H](O)C(=O)N1CCC[C@H]1C(=O)OCc1ccccc1)OCc1ccccc1. The van der Waals surface area contributed by atoms with E-state index in [0.29, 0.717) is 25.7 Å². The minimum absolute atomic E-state index is 0.0129. The molecule has 9 nitrogen and oxygen atoms in total. The van der Waals surface area contributed by atoms with Crippen LogP contribution in [0.3, 0.4) is 0 Å². The smallest absolute Gasteiger partial charge is 0.329 e. The number of esters is 3. The van der Waals surface area contributed by atoms with Crippen molar-refractivity contribution in [2.45, 2.75) is 70.5 Å². The third-order valence-electron chi connectivity index (χ3n) is 7.58. The van der Waals surface area contributed by atoms with E-state index in [1.807, 2.05) is 78.9 Å². The van der Waals surface area contributed by atoms with Crippen molar-refractivity contribution in [3.05, 3.63) is 108 Å². The van der Waals surface area contributed by atoms with Crippen LogP contribution in [0.25, 0.3) is 0 Å². The molecule has 0 unspecified atom stereocenters. The fourth-order valence-electron chi connectivity index (χ4n) is 5.13. The Bertz CT molecular complexity index is 1350. The number of likely N-dealkylation sites (tertiary alicyclic amines) is 1. The number of amides is 1. The van der Waals surface area contributed by atoms with E-state index in [-0.39, 0.29) is 45.2 Å². The molecular weight excluding hydrogens is 562 g/mol. The molecule has 1 aliphatic rings. The summed E-state index contributed by atoms with van der Waals surface area (Å²) in [4.78, 5) is 53.2. The highest BCUT2D eigenvalue weighted by Gasteiger charge is 2.42. The number of benzene rings is 3. The molecule has 44 heavy (non-hydrogen) atoms. The fourth-order valence-corrected chi connectivity index (χ4v) is 5.13. The first-order chi connectivity index (χ1) is 21.4. The van der Waals surface area contributed by atoms with Gasteiger partial charge in [0.2, 0.25) is 0 Å². The molecule has 1 amide bonds. The van der Waals surface area contributed by atoms with Crippen molar-refractivity contribution in [3.8, 4) is 0 Å². The third-order valence-corrected chi connectivity index (χ3v) is 7.58. The van der Waals surface area contributed by atoms with Gasteiger partial charge in [-0.3, -0.25) is 14.4 Å². The lowest BCUT2D eigenvalue weighted by atomic mass is 9.94. The van der Waals surface area contributed by atoms with Gasteiger partial charge in [-0.2, -0.15) is 0 Å². The van der Waals surface area contributed by atoms with E-state index in [1.165, 1.54) is 4.90 Å². The molecule has 0 radical (unpaired) electrons. The van der Waals surface area contributed by atoms with Gasteiger partial charge in [-0.25, -0.2) is 4.79 Å². The van der Waals surface area contributed by atoms with Crippen molar-refractivity contribution >= 4 is 23.8 Å². The highest BCUT2D eigenvalue weighted by atomic mass is 16.5. The van der Waals surface area contributed by atoms with E-state index in [1.54, 1.807) is 12.1 Å². The molecule has 0 bridgehead atoms. The summed E-state index contributed by atoms with van der Waals surface area (Å²) in [5, 5.41) is 11.2. The van der Waals surface area contributed by atoms with E-state index in [4.69, 9.17) is 14.2 Å². The highest BCUT2D eigenvalue weighted by molar-refractivity contribution is 5.91. The molecule has 1 N–H and O–H groups in total. The summed E-state index contributed by atoms with van der Waals surface area (Å²) in [6, 6.07) is 26.8. The maximum absolute atomic E-state index is 13.5. The molecule has 1 saturated heterocycles. The molecule has 3 aromatic rings. The van der Waals surface area contributed by atoms with Crippen molar-refractivity contribution in [2.24, 2.45) is 5.92 Å². The minimum atomic E-state index is -1.72. The minimum Gasteiger partial charge on any atom is -0.461 e. The topological polar surface area (TPSA) is 119 Å². The number of aliphatic hydroxyl groups excluding tert-OH is 1. The number of ether oxygens (including phenoxy) is 3. The molecule has 1 fully saturated rings. The quantitative estimate of drug-likeness (QED) is 0.151. The second-order valence-electron chi connectivity index (χ2n) is 10.8. The summed E-state index contributed by atoms with van der Waals surface area (Å²) < 4.78 is 16.3. The first-order valence-electron chi connectivity index (χ1n) is 15.0. The van der Waals surface area contributed by atoms with Crippen LogP contribution in [0.1, 0.15) is 55.2 Å². The Labute approximate surface area is 257 Å². The Hall–Kier alpha value is -4.50. The molecule has 1 heterocycles. The lowest BCUT2D eigenvalue weighted by Crippen LogP contribution is -2.49. The number of carbonyl (C=O) groups excluding carboxylic acids is 4. The van der Waals surface area contributed by atoms with E-state index < -0.39 is 35.9 Å². The molecule has 232 valence electrons. The lowest BCUT2D eigenvalue weighted by Gasteiger charge is -2.28. The Morgan fingerprint density at radius 1 is 0.727 bits per heavy atom. The van der Waals surface area contributed by atoms with Gasteiger partial charge in [0.15, 0.2) is 0 Å². The van der Waals surface area contributed by atoms with Crippen LogP contribution < -0.4 is 0 Å². The maximum atomic E-state index is 13.5. The second kappa shape index (κ2) is 17.0. The predicted molar refractivity (Wildman–Crippen MR) is 161 cm³/mol. The van der Waals surface area contributed by atoms with Crippen molar-refractivity contribution in [1.82, 2.24) is 4.90 Å². The molecule has 3 aromatic carbocycles. The molecule has 0 aromatic heterocycles. The van der Waals surface area contributed by atoms with Gasteiger partial charge >= 0.3 is 17.9 Å². The second-order valence-corrected chi connectivity index (χ2v) is 10.8. The number of hydrogen-bond donors (Lipinski definition) is 1. The first kappa shape index (κ1) is 32.4. The van der Waals surface area contributed by atoms with Gasteiger partial charge in [0, 0.05) is 13.0 Å². The molecule has 9 heteroatoms. The third kappa shape index (κ3) is 9.77. The summed E-state index contributed by atoms with van der Waals surface area (Å²) in [7, 11) is 0. The van der Waals surface area contributed by atoms with Crippen LogP contribution in [0.2, 0.25) is 0 Å². The zero-order valence-electron chi connectivity index (χ0n) is 24.7. The summed E-state index contributed by atoms with van der Waals surface area (Å²) in [5.74, 6) is -3.53. The van der Waals surface area contributed by atoms with Crippen LogP contribution in [0, 0.1) is 5.92 Å².